The van der Waals surface area contributed by atoms with E-state index < -0.39 is 17.8 Å². The van der Waals surface area contributed by atoms with E-state index in [0.717, 1.165) is 17.7 Å². The Kier molecular flexibility index (Phi) is 7.17. The number of hydrogen-bond acceptors (Lipinski definition) is 5. The minimum absolute atomic E-state index is 0.129. The maximum Gasteiger partial charge on any atom is 0.416 e. The van der Waals surface area contributed by atoms with Crippen LogP contribution in [0.1, 0.15) is 23.1 Å². The van der Waals surface area contributed by atoms with E-state index in [9.17, 15) is 18.0 Å². The number of amides is 1. The molecule has 0 N–H and O–H groups in total. The normalized spacial score (nSPS) is 15.9. The Labute approximate surface area is 178 Å². The summed E-state index contributed by atoms with van der Waals surface area (Å²) in [6, 6.07) is 12.2. The first-order valence-electron chi connectivity index (χ1n) is 9.60. The van der Waals surface area contributed by atoms with Crippen LogP contribution in [0.15, 0.2) is 53.7 Å². The molecule has 0 radical (unpaired) electrons. The number of carbonyl (C=O) groups excluding carboxylic acids is 1. The molecule has 0 aliphatic carbocycles. The number of carbonyl (C=O) groups is 1. The molecular formula is C22H23F3N2O4. The largest absolute Gasteiger partial charge is 0.496 e. The average Bonchev–Trinajstić information content (AvgIpc) is 3.21. The number of oxime groups is 1. The van der Waals surface area contributed by atoms with Gasteiger partial charge in [0.25, 0.3) is 0 Å². The molecule has 31 heavy (non-hydrogen) atoms. The molecule has 1 aliphatic rings. The van der Waals surface area contributed by atoms with Gasteiger partial charge in [0, 0.05) is 25.6 Å². The molecule has 6 nitrogen and oxygen atoms in total. The molecule has 0 aromatic heterocycles. The van der Waals surface area contributed by atoms with E-state index in [0.29, 0.717) is 23.4 Å². The Morgan fingerprint density at radius 1 is 1.16 bits per heavy atom. The third-order valence-electron chi connectivity index (χ3n) is 4.85. The van der Waals surface area contributed by atoms with Crippen LogP contribution >= 0.6 is 0 Å². The summed E-state index contributed by atoms with van der Waals surface area (Å²) in [5, 5.41) is 4.14. The highest BCUT2D eigenvalue weighted by Crippen LogP contribution is 2.29. The average molecular weight is 436 g/mol. The summed E-state index contributed by atoms with van der Waals surface area (Å²) in [6.07, 6.45) is -4.34. The molecule has 1 atom stereocenters. The SMILES string of the molecule is COCC(=O)N(Cc1ccc(C(F)(F)F)cc1)CC1CC(c2ccccc2OC)=NO1. The second-order valence-electron chi connectivity index (χ2n) is 7.07. The van der Waals surface area contributed by atoms with Crippen molar-refractivity contribution in [3.63, 3.8) is 0 Å². The number of methoxy groups -OCH3 is 2. The Morgan fingerprint density at radius 2 is 1.87 bits per heavy atom. The van der Waals surface area contributed by atoms with Gasteiger partial charge in [0.2, 0.25) is 5.91 Å². The summed E-state index contributed by atoms with van der Waals surface area (Å²) in [6.45, 7) is 0.198. The molecule has 2 aromatic rings. The van der Waals surface area contributed by atoms with Crippen LogP contribution in [0.25, 0.3) is 0 Å². The fourth-order valence-corrected chi connectivity index (χ4v) is 3.30. The number of hydrogen-bond donors (Lipinski definition) is 0. The summed E-state index contributed by atoms with van der Waals surface area (Å²) in [7, 11) is 2.98. The van der Waals surface area contributed by atoms with Gasteiger partial charge in [-0.25, -0.2) is 0 Å². The highest BCUT2D eigenvalue weighted by atomic mass is 19.4. The maximum atomic E-state index is 12.8. The highest BCUT2D eigenvalue weighted by molar-refractivity contribution is 6.03. The van der Waals surface area contributed by atoms with Gasteiger partial charge in [-0.15, -0.1) is 0 Å². The third-order valence-corrected chi connectivity index (χ3v) is 4.85. The number of ether oxygens (including phenoxy) is 2. The lowest BCUT2D eigenvalue weighted by atomic mass is 10.0. The maximum absolute atomic E-state index is 12.8. The molecule has 2 aromatic carbocycles. The van der Waals surface area contributed by atoms with Crippen molar-refractivity contribution in [2.75, 3.05) is 27.4 Å². The molecule has 1 unspecified atom stereocenters. The van der Waals surface area contributed by atoms with Gasteiger partial charge in [0.15, 0.2) is 6.10 Å². The Morgan fingerprint density at radius 3 is 2.52 bits per heavy atom. The van der Waals surface area contributed by atoms with Crippen LogP contribution in [0.5, 0.6) is 5.75 Å². The lowest BCUT2D eigenvalue weighted by Gasteiger charge is -2.25. The number of benzene rings is 2. The van der Waals surface area contributed by atoms with Crippen LogP contribution in [0.3, 0.4) is 0 Å². The molecule has 0 fully saturated rings. The van der Waals surface area contributed by atoms with E-state index in [1.165, 1.54) is 24.1 Å². The number of rotatable bonds is 8. The molecule has 0 saturated carbocycles. The molecule has 1 aliphatic heterocycles. The first-order valence-corrected chi connectivity index (χ1v) is 9.60. The third kappa shape index (κ3) is 5.75. The van der Waals surface area contributed by atoms with Crippen LogP contribution < -0.4 is 4.74 Å². The summed E-state index contributed by atoms with van der Waals surface area (Å²) in [5.41, 5.74) is 1.35. The van der Waals surface area contributed by atoms with Crippen LogP contribution in [0.2, 0.25) is 0 Å². The summed E-state index contributed by atoms with van der Waals surface area (Å²) >= 11 is 0. The minimum Gasteiger partial charge on any atom is -0.496 e. The van der Waals surface area contributed by atoms with Crippen molar-refractivity contribution in [1.82, 2.24) is 4.90 Å². The zero-order valence-corrected chi connectivity index (χ0v) is 17.2. The molecule has 0 saturated heterocycles. The van der Waals surface area contributed by atoms with Crippen molar-refractivity contribution in [1.29, 1.82) is 0 Å². The second-order valence-corrected chi connectivity index (χ2v) is 7.07. The van der Waals surface area contributed by atoms with E-state index in [-0.39, 0.29) is 25.6 Å². The topological polar surface area (TPSA) is 60.4 Å². The monoisotopic (exact) mass is 436 g/mol. The fourth-order valence-electron chi connectivity index (χ4n) is 3.30. The molecule has 0 spiro atoms. The molecule has 3 rings (SSSR count). The summed E-state index contributed by atoms with van der Waals surface area (Å²) in [5.74, 6) is 0.374. The van der Waals surface area contributed by atoms with Crippen LogP contribution in [-0.4, -0.2) is 50.0 Å². The van der Waals surface area contributed by atoms with Gasteiger partial charge in [0.05, 0.1) is 24.9 Å². The smallest absolute Gasteiger partial charge is 0.416 e. The first kappa shape index (κ1) is 22.6. The standard InChI is InChI=1S/C22H23F3N2O4/c1-29-14-21(28)27(12-15-7-9-16(10-8-15)22(23,24)25)13-17-11-19(26-31-17)18-5-3-4-6-20(18)30-2/h3-10,17H,11-14H2,1-2H3. The van der Waals surface area contributed by atoms with Crippen molar-refractivity contribution in [3.05, 3.63) is 65.2 Å². The van der Waals surface area contributed by atoms with Crippen LogP contribution in [0, 0.1) is 0 Å². The number of halogens is 3. The van der Waals surface area contributed by atoms with Crippen molar-refractivity contribution in [3.8, 4) is 5.75 Å². The van der Waals surface area contributed by atoms with Crippen molar-refractivity contribution in [2.24, 2.45) is 5.16 Å². The summed E-state index contributed by atoms with van der Waals surface area (Å²) in [4.78, 5) is 19.5. The van der Waals surface area contributed by atoms with Crippen LogP contribution in [0.4, 0.5) is 13.2 Å². The van der Waals surface area contributed by atoms with E-state index >= 15 is 0 Å². The Hall–Kier alpha value is -3.07. The van der Waals surface area contributed by atoms with Crippen molar-refractivity contribution in [2.45, 2.75) is 25.2 Å². The van der Waals surface area contributed by atoms with Crippen molar-refractivity contribution < 1.29 is 32.3 Å². The van der Waals surface area contributed by atoms with Gasteiger partial charge in [-0.1, -0.05) is 29.4 Å². The second kappa shape index (κ2) is 9.82. The minimum atomic E-state index is -4.41. The van der Waals surface area contributed by atoms with Gasteiger partial charge in [-0.2, -0.15) is 13.2 Å². The van der Waals surface area contributed by atoms with E-state index in [1.54, 1.807) is 7.11 Å². The molecule has 9 heteroatoms. The van der Waals surface area contributed by atoms with E-state index in [2.05, 4.69) is 5.16 Å². The lowest BCUT2D eigenvalue weighted by molar-refractivity contribution is -0.138. The molecule has 1 amide bonds. The fraction of sp³-hybridized carbons (Fsp3) is 0.364. The zero-order chi connectivity index (χ0) is 22.4. The van der Waals surface area contributed by atoms with Gasteiger partial charge < -0.3 is 19.2 Å². The number of alkyl halides is 3. The predicted octanol–water partition coefficient (Wildman–Crippen LogP) is 3.88. The number of para-hydroxylation sites is 1. The highest BCUT2D eigenvalue weighted by Gasteiger charge is 2.31. The molecule has 1 heterocycles. The van der Waals surface area contributed by atoms with Crippen LogP contribution in [-0.2, 0) is 27.1 Å². The summed E-state index contributed by atoms with van der Waals surface area (Å²) < 4.78 is 48.7. The molecular weight excluding hydrogens is 413 g/mol. The number of nitrogens with zero attached hydrogens (tertiary/aromatic N) is 2. The van der Waals surface area contributed by atoms with E-state index in [1.807, 2.05) is 24.3 Å². The first-order chi connectivity index (χ1) is 14.8. The zero-order valence-electron chi connectivity index (χ0n) is 17.2. The van der Waals surface area contributed by atoms with Gasteiger partial charge in [0.1, 0.15) is 12.4 Å². The van der Waals surface area contributed by atoms with Gasteiger partial charge >= 0.3 is 6.18 Å². The van der Waals surface area contributed by atoms with Gasteiger partial charge in [-0.3, -0.25) is 4.79 Å². The molecule has 166 valence electrons. The van der Waals surface area contributed by atoms with Crippen molar-refractivity contribution >= 4 is 11.6 Å². The van der Waals surface area contributed by atoms with E-state index in [4.69, 9.17) is 14.3 Å². The molecule has 0 bridgehead atoms. The van der Waals surface area contributed by atoms with Gasteiger partial charge in [-0.05, 0) is 29.8 Å². The quantitative estimate of drug-likeness (QED) is 0.630. The Balaban J connectivity index is 1.69. The Bertz CT molecular complexity index is 929. The predicted molar refractivity (Wildman–Crippen MR) is 108 cm³/mol. The lowest BCUT2D eigenvalue weighted by Crippen LogP contribution is -2.39.